The minimum absolute atomic E-state index is 0.126. The van der Waals surface area contributed by atoms with Crippen molar-refractivity contribution in [1.82, 2.24) is 39.3 Å². The lowest BCUT2D eigenvalue weighted by molar-refractivity contribution is -0.000538. The standard InChI is InChI=1S/C44H50N10O7/c1-28(36-25-52(42(55)61-44(2,3)4)19-20-53(36)43(56)60-26-29-11-9-8-10-12-29)49-41-46-18-16-39(51-41)54-27-48-34-21-30(13-14-35(34)54)33-15-17-45-40(50-33)47-24-32-37(58-6)22-31(57-5)23-38(32)59-7/h8-18,21-23,27-28,36H,19-20,24-26H2,1-7H3,(H,45,47,50)(H,46,49,51). The first-order valence-corrected chi connectivity index (χ1v) is 19.8. The minimum Gasteiger partial charge on any atom is -0.496 e. The third kappa shape index (κ3) is 10.0. The predicted octanol–water partition coefficient (Wildman–Crippen LogP) is 6.97. The van der Waals surface area contributed by atoms with Crippen molar-refractivity contribution in [3.05, 3.63) is 103 Å². The summed E-state index contributed by atoms with van der Waals surface area (Å²) in [5, 5.41) is 6.66. The second-order valence-corrected chi connectivity index (χ2v) is 15.3. The maximum absolute atomic E-state index is 13.5. The largest absolute Gasteiger partial charge is 0.496 e. The second-order valence-electron chi connectivity index (χ2n) is 15.3. The Kier molecular flexibility index (Phi) is 12.7. The number of hydrogen-bond acceptors (Lipinski definition) is 14. The quantitative estimate of drug-likeness (QED) is 0.122. The molecule has 1 aliphatic heterocycles. The highest BCUT2D eigenvalue weighted by atomic mass is 16.6. The van der Waals surface area contributed by atoms with Crippen LogP contribution in [0.3, 0.4) is 0 Å². The van der Waals surface area contributed by atoms with Gasteiger partial charge in [-0.25, -0.2) is 29.5 Å². The van der Waals surface area contributed by atoms with Crippen molar-refractivity contribution in [1.29, 1.82) is 0 Å². The van der Waals surface area contributed by atoms with Gasteiger partial charge in [0, 0.05) is 55.8 Å². The first-order chi connectivity index (χ1) is 29.4. The van der Waals surface area contributed by atoms with Crippen molar-refractivity contribution in [2.45, 2.75) is 58.5 Å². The molecule has 3 aromatic carbocycles. The van der Waals surface area contributed by atoms with Crippen molar-refractivity contribution >= 4 is 35.1 Å². The number of methoxy groups -OCH3 is 3. The zero-order chi connectivity index (χ0) is 43.1. The third-order valence-corrected chi connectivity index (χ3v) is 10.1. The van der Waals surface area contributed by atoms with Crippen LogP contribution >= 0.6 is 0 Å². The Hall–Kier alpha value is -7.17. The highest BCUT2D eigenvalue weighted by Gasteiger charge is 2.38. The van der Waals surface area contributed by atoms with E-state index >= 15 is 0 Å². The van der Waals surface area contributed by atoms with Gasteiger partial charge in [0.2, 0.25) is 11.9 Å². The van der Waals surface area contributed by atoms with Crippen LogP contribution in [0.2, 0.25) is 0 Å². The van der Waals surface area contributed by atoms with Gasteiger partial charge < -0.3 is 39.2 Å². The molecule has 6 aromatic rings. The molecule has 2 N–H and O–H groups in total. The van der Waals surface area contributed by atoms with Crippen LogP contribution in [0.1, 0.15) is 38.8 Å². The number of hydrogen-bond donors (Lipinski definition) is 2. The van der Waals surface area contributed by atoms with Gasteiger partial charge in [-0.15, -0.1) is 0 Å². The molecule has 2 unspecified atom stereocenters. The van der Waals surface area contributed by atoms with E-state index in [0.717, 1.165) is 27.7 Å². The average molecular weight is 831 g/mol. The fraction of sp³-hybridized carbons (Fsp3) is 0.341. The smallest absolute Gasteiger partial charge is 0.410 e. The number of piperazine rings is 1. The molecule has 0 radical (unpaired) electrons. The molecule has 2 amide bonds. The topological polar surface area (TPSA) is 180 Å². The zero-order valence-corrected chi connectivity index (χ0v) is 35.3. The predicted molar refractivity (Wildman–Crippen MR) is 229 cm³/mol. The normalized spacial score (nSPS) is 14.6. The number of nitrogens with one attached hydrogen (secondary N) is 2. The van der Waals surface area contributed by atoms with Crippen LogP contribution in [0.5, 0.6) is 17.2 Å². The van der Waals surface area contributed by atoms with Crippen molar-refractivity contribution in [3.8, 4) is 34.3 Å². The summed E-state index contributed by atoms with van der Waals surface area (Å²) in [6, 6.07) is 21.7. The Morgan fingerprint density at radius 3 is 2.30 bits per heavy atom. The first-order valence-electron chi connectivity index (χ1n) is 19.8. The minimum atomic E-state index is -0.670. The number of aromatic nitrogens is 6. The number of carbonyl (C=O) groups excluding carboxylic acids is 2. The molecule has 3 aromatic heterocycles. The Morgan fingerprint density at radius 2 is 1.57 bits per heavy atom. The van der Waals surface area contributed by atoms with Crippen molar-refractivity contribution in [3.63, 3.8) is 0 Å². The summed E-state index contributed by atoms with van der Waals surface area (Å²) in [7, 11) is 4.78. The zero-order valence-electron chi connectivity index (χ0n) is 35.3. The Balaban J connectivity index is 1.06. The van der Waals surface area contributed by atoms with Crippen LogP contribution in [0, 0.1) is 0 Å². The molecule has 7 rings (SSSR count). The molecule has 17 heteroatoms. The Bertz CT molecular complexity index is 2450. The van der Waals surface area contributed by atoms with Gasteiger partial charge in [0.05, 0.1) is 56.2 Å². The molecule has 4 heterocycles. The maximum atomic E-state index is 13.5. The van der Waals surface area contributed by atoms with Gasteiger partial charge in [-0.05, 0) is 57.5 Å². The molecular formula is C44H50N10O7. The summed E-state index contributed by atoms with van der Waals surface area (Å²) in [5.74, 6) is 3.19. The lowest BCUT2D eigenvalue weighted by Crippen LogP contribution is -2.61. The summed E-state index contributed by atoms with van der Waals surface area (Å²) < 4.78 is 29.9. The lowest BCUT2D eigenvalue weighted by Gasteiger charge is -2.43. The van der Waals surface area contributed by atoms with E-state index in [9.17, 15) is 9.59 Å². The van der Waals surface area contributed by atoms with Crippen LogP contribution < -0.4 is 24.8 Å². The van der Waals surface area contributed by atoms with Gasteiger partial charge in [-0.1, -0.05) is 36.4 Å². The fourth-order valence-electron chi connectivity index (χ4n) is 6.99. The molecule has 0 spiro atoms. The third-order valence-electron chi connectivity index (χ3n) is 10.1. The van der Waals surface area contributed by atoms with E-state index in [4.69, 9.17) is 38.6 Å². The number of benzene rings is 3. The van der Waals surface area contributed by atoms with E-state index in [1.165, 1.54) is 0 Å². The van der Waals surface area contributed by atoms with E-state index in [0.29, 0.717) is 53.7 Å². The van der Waals surface area contributed by atoms with Gasteiger partial charge in [-0.2, -0.15) is 4.98 Å². The van der Waals surface area contributed by atoms with Crippen LogP contribution in [-0.4, -0.2) is 110 Å². The van der Waals surface area contributed by atoms with E-state index in [2.05, 4.69) is 20.6 Å². The molecule has 0 aliphatic carbocycles. The maximum Gasteiger partial charge on any atom is 0.410 e. The van der Waals surface area contributed by atoms with Gasteiger partial charge in [0.1, 0.15) is 41.6 Å². The van der Waals surface area contributed by atoms with Crippen LogP contribution in [0.15, 0.2) is 91.5 Å². The molecule has 0 saturated carbocycles. The fourth-order valence-corrected chi connectivity index (χ4v) is 6.99. The van der Waals surface area contributed by atoms with E-state index in [1.54, 1.807) is 68.0 Å². The molecular weight excluding hydrogens is 781 g/mol. The SMILES string of the molecule is COc1cc(OC)c(CNc2nccc(-c3ccc4c(c3)ncn4-c3ccnc(NC(C)C4CN(C(=O)OC(C)(C)C)CCN4C(=O)OCc4ccccc4)n3)n2)c(OC)c1. The van der Waals surface area contributed by atoms with Crippen LogP contribution in [0.4, 0.5) is 21.5 Å². The van der Waals surface area contributed by atoms with E-state index < -0.39 is 29.9 Å². The van der Waals surface area contributed by atoms with Crippen molar-refractivity contribution in [2.24, 2.45) is 0 Å². The van der Waals surface area contributed by atoms with Crippen LogP contribution in [0.25, 0.3) is 28.1 Å². The molecule has 2 atom stereocenters. The number of carbonyl (C=O) groups is 2. The average Bonchev–Trinajstić information content (AvgIpc) is 3.70. The molecule has 17 nitrogen and oxygen atoms in total. The van der Waals surface area contributed by atoms with Gasteiger partial charge >= 0.3 is 12.2 Å². The van der Waals surface area contributed by atoms with E-state index in [1.807, 2.05) is 86.9 Å². The molecule has 0 bridgehead atoms. The summed E-state index contributed by atoms with van der Waals surface area (Å²) in [6.07, 6.45) is 4.14. The number of ether oxygens (including phenoxy) is 5. The van der Waals surface area contributed by atoms with Gasteiger partial charge in [-0.3, -0.25) is 9.47 Å². The number of rotatable bonds is 13. The van der Waals surface area contributed by atoms with Gasteiger partial charge in [0.25, 0.3) is 0 Å². The molecule has 1 saturated heterocycles. The number of anilines is 2. The summed E-state index contributed by atoms with van der Waals surface area (Å²) in [6.45, 7) is 8.64. The highest BCUT2D eigenvalue weighted by molar-refractivity contribution is 5.82. The van der Waals surface area contributed by atoms with Crippen molar-refractivity contribution in [2.75, 3.05) is 51.6 Å². The number of amides is 2. The Morgan fingerprint density at radius 1 is 0.836 bits per heavy atom. The summed E-state index contributed by atoms with van der Waals surface area (Å²) >= 11 is 0. The molecule has 318 valence electrons. The van der Waals surface area contributed by atoms with Crippen LogP contribution in [-0.2, 0) is 22.6 Å². The van der Waals surface area contributed by atoms with E-state index in [-0.39, 0.29) is 19.7 Å². The summed E-state index contributed by atoms with van der Waals surface area (Å²) in [5.41, 5.74) is 4.10. The number of imidazole rings is 1. The number of fused-ring (bicyclic) bond motifs is 1. The highest BCUT2D eigenvalue weighted by Crippen LogP contribution is 2.34. The second kappa shape index (κ2) is 18.4. The summed E-state index contributed by atoms with van der Waals surface area (Å²) in [4.78, 5) is 53.2. The molecule has 1 fully saturated rings. The Labute approximate surface area is 354 Å². The molecule has 61 heavy (non-hydrogen) atoms. The lowest BCUT2D eigenvalue weighted by atomic mass is 10.1. The first kappa shape index (κ1) is 42.0. The van der Waals surface area contributed by atoms with Gasteiger partial charge in [0.15, 0.2) is 0 Å². The van der Waals surface area contributed by atoms with Crippen molar-refractivity contribution < 1.29 is 33.3 Å². The number of nitrogens with zero attached hydrogens (tertiary/aromatic N) is 8. The molecule has 1 aliphatic rings. The monoisotopic (exact) mass is 830 g/mol.